The first-order valence-corrected chi connectivity index (χ1v) is 5.14. The monoisotopic (exact) mass is 232 g/mol. The van der Waals surface area contributed by atoms with E-state index in [1.165, 1.54) is 4.57 Å². The van der Waals surface area contributed by atoms with Gasteiger partial charge in [-0.3, -0.25) is 14.3 Å². The lowest BCUT2D eigenvalue weighted by molar-refractivity contribution is 0.1000. The van der Waals surface area contributed by atoms with Crippen molar-refractivity contribution in [2.24, 2.45) is 0 Å². The average Bonchev–Trinajstić information content (AvgIpc) is 2.33. The Morgan fingerprint density at radius 2 is 2.12 bits per heavy atom. The molecule has 0 fully saturated rings. The highest BCUT2D eigenvalue weighted by molar-refractivity contribution is 5.77. The number of hydrogen-bond acceptors (Lipinski definition) is 3. The number of ether oxygens (including phenoxy) is 1. The molecule has 0 bridgehead atoms. The average molecular weight is 232 g/mol. The Labute approximate surface area is 97.0 Å². The molecule has 0 saturated heterocycles. The second-order valence-corrected chi connectivity index (χ2v) is 3.49. The Hall–Kier alpha value is -2.14. The van der Waals surface area contributed by atoms with E-state index in [1.807, 2.05) is 0 Å². The lowest BCUT2D eigenvalue weighted by atomic mass is 10.2. The zero-order chi connectivity index (χ0) is 12.3. The number of benzene rings is 1. The normalized spacial score (nSPS) is 10.6. The molecule has 1 N–H and O–H groups in total. The van der Waals surface area contributed by atoms with E-state index in [1.54, 1.807) is 30.3 Å². The van der Waals surface area contributed by atoms with Crippen molar-refractivity contribution in [1.29, 1.82) is 0 Å². The smallest absolute Gasteiger partial charge is 0.330 e. The van der Waals surface area contributed by atoms with Crippen molar-refractivity contribution in [1.82, 2.24) is 9.55 Å². The highest BCUT2D eigenvalue weighted by atomic mass is 16.5. The minimum Gasteiger partial charge on any atom is -0.357 e. The van der Waals surface area contributed by atoms with Gasteiger partial charge in [-0.1, -0.05) is 18.2 Å². The summed E-state index contributed by atoms with van der Waals surface area (Å²) < 4.78 is 6.60. The van der Waals surface area contributed by atoms with Gasteiger partial charge in [-0.2, -0.15) is 0 Å². The molecule has 0 amide bonds. The molecule has 0 unspecified atom stereocenters. The molecule has 0 atom stereocenters. The maximum Gasteiger partial charge on any atom is 0.330 e. The first-order chi connectivity index (χ1) is 8.24. The van der Waals surface area contributed by atoms with E-state index < -0.39 is 5.69 Å². The van der Waals surface area contributed by atoms with E-state index in [2.05, 4.69) is 11.6 Å². The van der Waals surface area contributed by atoms with Crippen LogP contribution in [-0.2, 0) is 11.5 Å². The number of aromatic amines is 1. The zero-order valence-corrected chi connectivity index (χ0v) is 9.18. The molecule has 1 heterocycles. The molecule has 2 rings (SSSR count). The topological polar surface area (TPSA) is 64.1 Å². The third kappa shape index (κ3) is 2.19. The van der Waals surface area contributed by atoms with E-state index in [4.69, 9.17) is 4.74 Å². The highest BCUT2D eigenvalue weighted by Crippen LogP contribution is 2.06. The molecule has 0 aliphatic heterocycles. The number of nitrogens with one attached hydrogen (secondary N) is 1. The highest BCUT2D eigenvalue weighted by Gasteiger charge is 2.05. The fourth-order valence-corrected chi connectivity index (χ4v) is 1.60. The van der Waals surface area contributed by atoms with Crippen LogP contribution in [0.1, 0.15) is 0 Å². The molecular formula is C12H12N2O3. The first-order valence-electron chi connectivity index (χ1n) is 5.14. The molecule has 0 aliphatic carbocycles. The van der Waals surface area contributed by atoms with Crippen molar-refractivity contribution in [2.75, 3.05) is 6.61 Å². The van der Waals surface area contributed by atoms with Gasteiger partial charge in [0.25, 0.3) is 5.56 Å². The fourth-order valence-electron chi connectivity index (χ4n) is 1.60. The summed E-state index contributed by atoms with van der Waals surface area (Å²) in [5, 5.41) is 0.467. The molecule has 0 saturated carbocycles. The molecule has 17 heavy (non-hydrogen) atoms. The van der Waals surface area contributed by atoms with Crippen molar-refractivity contribution in [3.05, 3.63) is 57.8 Å². The lowest BCUT2D eigenvalue weighted by Gasteiger charge is -2.08. The maximum absolute atomic E-state index is 11.6. The van der Waals surface area contributed by atoms with Crippen LogP contribution < -0.4 is 11.2 Å². The van der Waals surface area contributed by atoms with Crippen LogP contribution in [0, 0.1) is 0 Å². The Balaban J connectivity index is 2.57. The van der Waals surface area contributed by atoms with E-state index in [9.17, 15) is 9.59 Å². The van der Waals surface area contributed by atoms with Crippen LogP contribution in [0.25, 0.3) is 10.9 Å². The van der Waals surface area contributed by atoms with Crippen molar-refractivity contribution in [3.63, 3.8) is 0 Å². The van der Waals surface area contributed by atoms with E-state index in [0.29, 0.717) is 17.5 Å². The van der Waals surface area contributed by atoms with Gasteiger partial charge in [0, 0.05) is 0 Å². The van der Waals surface area contributed by atoms with Gasteiger partial charge in [-0.05, 0) is 12.1 Å². The van der Waals surface area contributed by atoms with Crippen LogP contribution >= 0.6 is 0 Å². The summed E-state index contributed by atoms with van der Waals surface area (Å²) in [5.41, 5.74) is -0.298. The van der Waals surface area contributed by atoms with E-state index >= 15 is 0 Å². The van der Waals surface area contributed by atoms with Crippen LogP contribution in [0.2, 0.25) is 0 Å². The van der Waals surface area contributed by atoms with Gasteiger partial charge in [0.05, 0.1) is 17.5 Å². The first kappa shape index (κ1) is 11.3. The van der Waals surface area contributed by atoms with Gasteiger partial charge in [0.2, 0.25) is 0 Å². The molecule has 5 heteroatoms. The molecule has 5 nitrogen and oxygen atoms in total. The summed E-state index contributed by atoms with van der Waals surface area (Å²) >= 11 is 0. The van der Waals surface area contributed by atoms with Gasteiger partial charge in [0.15, 0.2) is 0 Å². The van der Waals surface area contributed by atoms with Crippen LogP contribution in [0.15, 0.2) is 46.5 Å². The third-order valence-corrected chi connectivity index (χ3v) is 2.36. The maximum atomic E-state index is 11.6. The summed E-state index contributed by atoms with van der Waals surface area (Å²) in [5.74, 6) is 0. The minimum absolute atomic E-state index is 0.0855. The number of rotatable bonds is 4. The fraction of sp³-hybridized carbons (Fsp3) is 0.167. The van der Waals surface area contributed by atoms with Crippen molar-refractivity contribution < 1.29 is 4.74 Å². The molecular weight excluding hydrogens is 220 g/mol. The Bertz CT molecular complexity index is 655. The number of H-pyrrole nitrogens is 1. The number of aromatic nitrogens is 2. The molecule has 1 aromatic heterocycles. The van der Waals surface area contributed by atoms with Crippen LogP contribution in [0.5, 0.6) is 0 Å². The summed E-state index contributed by atoms with van der Waals surface area (Å²) in [7, 11) is 0. The molecule has 0 radical (unpaired) electrons. The summed E-state index contributed by atoms with van der Waals surface area (Å²) in [4.78, 5) is 25.5. The molecule has 0 spiro atoms. The van der Waals surface area contributed by atoms with Crippen LogP contribution in [-0.4, -0.2) is 16.2 Å². The van der Waals surface area contributed by atoms with E-state index in [-0.39, 0.29) is 12.3 Å². The van der Waals surface area contributed by atoms with E-state index in [0.717, 1.165) is 0 Å². The predicted molar refractivity (Wildman–Crippen MR) is 65.0 cm³/mol. The molecule has 88 valence electrons. The van der Waals surface area contributed by atoms with Crippen LogP contribution in [0.4, 0.5) is 0 Å². The Morgan fingerprint density at radius 3 is 2.88 bits per heavy atom. The number of fused-ring (bicyclic) bond motifs is 1. The molecule has 1 aromatic carbocycles. The number of hydrogen-bond donors (Lipinski definition) is 1. The van der Waals surface area contributed by atoms with Gasteiger partial charge in [-0.15, -0.1) is 6.58 Å². The van der Waals surface area contributed by atoms with Gasteiger partial charge >= 0.3 is 5.69 Å². The third-order valence-electron chi connectivity index (χ3n) is 2.36. The zero-order valence-electron chi connectivity index (χ0n) is 9.18. The molecule has 2 aromatic rings. The van der Waals surface area contributed by atoms with Crippen LogP contribution in [0.3, 0.4) is 0 Å². The van der Waals surface area contributed by atoms with Gasteiger partial charge in [-0.25, -0.2) is 4.79 Å². The second-order valence-electron chi connectivity index (χ2n) is 3.49. The summed E-state index contributed by atoms with van der Waals surface area (Å²) in [6.45, 7) is 3.95. The van der Waals surface area contributed by atoms with Gasteiger partial charge in [0.1, 0.15) is 6.73 Å². The minimum atomic E-state index is -0.474. The predicted octanol–water partition coefficient (Wildman–Crippen LogP) is 0.850. The largest absolute Gasteiger partial charge is 0.357 e. The Morgan fingerprint density at radius 1 is 1.35 bits per heavy atom. The van der Waals surface area contributed by atoms with Gasteiger partial charge < -0.3 is 4.74 Å². The summed E-state index contributed by atoms with van der Waals surface area (Å²) in [6.07, 6.45) is 1.60. The SMILES string of the molecule is C=CCOCn1c(=O)[nH]c(=O)c2ccccc21. The van der Waals surface area contributed by atoms with Crippen molar-refractivity contribution in [3.8, 4) is 0 Å². The second kappa shape index (κ2) is 4.80. The standard InChI is InChI=1S/C12H12N2O3/c1-2-7-17-8-14-10-6-4-3-5-9(10)11(15)13-12(14)16/h2-6H,1,7-8H2,(H,13,15,16). The number of nitrogens with zero attached hydrogens (tertiary/aromatic N) is 1. The van der Waals surface area contributed by atoms with Crippen molar-refractivity contribution >= 4 is 10.9 Å². The number of para-hydroxylation sites is 1. The lowest BCUT2D eigenvalue weighted by Crippen LogP contribution is -2.31. The summed E-state index contributed by atoms with van der Waals surface area (Å²) in [6, 6.07) is 6.89. The molecule has 0 aliphatic rings. The van der Waals surface area contributed by atoms with Crippen molar-refractivity contribution in [2.45, 2.75) is 6.73 Å². The Kier molecular flexibility index (Phi) is 3.20. The quantitative estimate of drug-likeness (QED) is 0.628.